The molecule has 0 radical (unpaired) electrons. The second kappa shape index (κ2) is 7.17. The Morgan fingerprint density at radius 3 is 2.71 bits per heavy atom. The zero-order valence-corrected chi connectivity index (χ0v) is 14.9. The number of benzene rings is 2. The summed E-state index contributed by atoms with van der Waals surface area (Å²) in [5.41, 5.74) is 9.72. The number of halogens is 1. The van der Waals surface area contributed by atoms with Crippen LogP contribution in [0.15, 0.2) is 41.3 Å². The lowest BCUT2D eigenvalue weighted by molar-refractivity contribution is -0.113. The maximum absolute atomic E-state index is 12.0. The van der Waals surface area contributed by atoms with Crippen LogP contribution in [0.1, 0.15) is 11.1 Å². The van der Waals surface area contributed by atoms with Crippen molar-refractivity contribution in [3.05, 3.63) is 51.1 Å². The fourth-order valence-electron chi connectivity index (χ4n) is 1.88. The van der Waals surface area contributed by atoms with E-state index < -0.39 is 0 Å². The van der Waals surface area contributed by atoms with E-state index in [1.807, 2.05) is 50.2 Å². The Morgan fingerprint density at radius 2 is 2.00 bits per heavy atom. The average Bonchev–Trinajstić information content (AvgIpc) is 2.43. The summed E-state index contributed by atoms with van der Waals surface area (Å²) in [6, 6.07) is 11.8. The number of aryl methyl sites for hydroxylation is 2. The molecular formula is C16H17IN2OS. The van der Waals surface area contributed by atoms with Gasteiger partial charge in [-0.2, -0.15) is 0 Å². The van der Waals surface area contributed by atoms with E-state index in [4.69, 9.17) is 5.73 Å². The average molecular weight is 412 g/mol. The minimum Gasteiger partial charge on any atom is -0.398 e. The highest BCUT2D eigenvalue weighted by Gasteiger charge is 2.08. The fraction of sp³-hybridized carbons (Fsp3) is 0.188. The van der Waals surface area contributed by atoms with Crippen molar-refractivity contribution < 1.29 is 4.79 Å². The molecule has 0 atom stereocenters. The third kappa shape index (κ3) is 4.38. The Morgan fingerprint density at radius 1 is 1.24 bits per heavy atom. The van der Waals surface area contributed by atoms with E-state index in [1.165, 1.54) is 11.8 Å². The highest BCUT2D eigenvalue weighted by atomic mass is 127. The number of rotatable bonds is 4. The van der Waals surface area contributed by atoms with E-state index in [0.717, 1.165) is 31.0 Å². The van der Waals surface area contributed by atoms with Gasteiger partial charge in [0.15, 0.2) is 0 Å². The summed E-state index contributed by atoms with van der Waals surface area (Å²) in [4.78, 5) is 13.0. The summed E-state index contributed by atoms with van der Waals surface area (Å²) in [6.45, 7) is 3.96. The van der Waals surface area contributed by atoms with Gasteiger partial charge in [-0.1, -0.05) is 12.1 Å². The molecule has 0 aliphatic rings. The maximum atomic E-state index is 12.0. The molecule has 0 fully saturated rings. The monoisotopic (exact) mass is 412 g/mol. The number of thioether (sulfide) groups is 1. The maximum Gasteiger partial charge on any atom is 0.234 e. The van der Waals surface area contributed by atoms with E-state index in [2.05, 4.69) is 27.9 Å². The molecule has 0 unspecified atom stereocenters. The van der Waals surface area contributed by atoms with Crippen molar-refractivity contribution in [2.45, 2.75) is 18.7 Å². The largest absolute Gasteiger partial charge is 0.398 e. The van der Waals surface area contributed by atoms with Crippen LogP contribution < -0.4 is 11.1 Å². The van der Waals surface area contributed by atoms with Gasteiger partial charge in [-0.3, -0.25) is 4.79 Å². The van der Waals surface area contributed by atoms with Gasteiger partial charge in [0.05, 0.1) is 5.75 Å². The molecule has 3 N–H and O–H groups in total. The lowest BCUT2D eigenvalue weighted by Gasteiger charge is -2.10. The smallest absolute Gasteiger partial charge is 0.234 e. The van der Waals surface area contributed by atoms with Crippen LogP contribution in [0, 0.1) is 17.4 Å². The zero-order valence-electron chi connectivity index (χ0n) is 11.9. The van der Waals surface area contributed by atoms with Crippen molar-refractivity contribution in [2.24, 2.45) is 0 Å². The second-order valence-corrected chi connectivity index (χ2v) is 7.05. The summed E-state index contributed by atoms with van der Waals surface area (Å²) in [7, 11) is 0. The second-order valence-electron chi connectivity index (χ2n) is 4.78. The number of nitrogens with one attached hydrogen (secondary N) is 1. The standard InChI is InChI=1S/C16H17IN2OS/c1-10-4-3-5-14(16(10)18)21-9-15(20)19-13-7-6-12(17)8-11(13)2/h3-8H,9,18H2,1-2H3,(H,19,20). The number of nitrogens with two attached hydrogens (primary N) is 1. The Balaban J connectivity index is 1.97. The molecule has 2 aromatic rings. The SMILES string of the molecule is Cc1cc(I)ccc1NC(=O)CSc1cccc(C)c1N. The number of amides is 1. The van der Waals surface area contributed by atoms with Crippen molar-refractivity contribution in [1.82, 2.24) is 0 Å². The first kappa shape index (κ1) is 16.2. The molecule has 110 valence electrons. The Labute approximate surface area is 142 Å². The summed E-state index contributed by atoms with van der Waals surface area (Å²) in [5.74, 6) is 0.323. The molecule has 0 aliphatic heterocycles. The van der Waals surface area contributed by atoms with Gasteiger partial charge in [-0.05, 0) is 71.8 Å². The minimum atomic E-state index is -0.0229. The normalized spacial score (nSPS) is 10.4. The molecule has 0 heterocycles. The van der Waals surface area contributed by atoms with Crippen LogP contribution in [0.5, 0.6) is 0 Å². The number of hydrogen-bond acceptors (Lipinski definition) is 3. The Kier molecular flexibility index (Phi) is 5.52. The van der Waals surface area contributed by atoms with E-state index in [1.54, 1.807) is 0 Å². The first-order valence-electron chi connectivity index (χ1n) is 6.51. The fourth-order valence-corrected chi connectivity index (χ4v) is 3.37. The molecule has 2 aromatic carbocycles. The molecule has 2 rings (SSSR count). The van der Waals surface area contributed by atoms with Gasteiger partial charge in [-0.25, -0.2) is 0 Å². The number of carbonyl (C=O) groups is 1. The van der Waals surface area contributed by atoms with Crippen LogP contribution in [-0.2, 0) is 4.79 Å². The third-order valence-corrected chi connectivity index (χ3v) is 4.85. The Bertz CT molecular complexity index is 673. The molecule has 1 amide bonds. The topological polar surface area (TPSA) is 55.1 Å². The van der Waals surface area contributed by atoms with Gasteiger partial charge in [0, 0.05) is 19.8 Å². The summed E-state index contributed by atoms with van der Waals surface area (Å²) < 4.78 is 1.16. The van der Waals surface area contributed by atoms with E-state index in [9.17, 15) is 4.79 Å². The van der Waals surface area contributed by atoms with Gasteiger partial charge in [0.2, 0.25) is 5.91 Å². The van der Waals surface area contributed by atoms with Gasteiger partial charge in [-0.15, -0.1) is 11.8 Å². The molecule has 5 heteroatoms. The highest BCUT2D eigenvalue weighted by molar-refractivity contribution is 14.1. The van der Waals surface area contributed by atoms with E-state index in [-0.39, 0.29) is 5.91 Å². The predicted octanol–water partition coefficient (Wildman–Crippen LogP) is 4.22. The third-order valence-electron chi connectivity index (χ3n) is 3.11. The van der Waals surface area contributed by atoms with Crippen molar-refractivity contribution in [1.29, 1.82) is 0 Å². The van der Waals surface area contributed by atoms with Gasteiger partial charge >= 0.3 is 0 Å². The molecule has 0 bridgehead atoms. The van der Waals surface area contributed by atoms with Crippen LogP contribution in [-0.4, -0.2) is 11.7 Å². The van der Waals surface area contributed by atoms with Crippen molar-refractivity contribution in [2.75, 3.05) is 16.8 Å². The first-order chi connectivity index (χ1) is 9.97. The molecule has 0 saturated heterocycles. The molecule has 0 aliphatic carbocycles. The van der Waals surface area contributed by atoms with Crippen LogP contribution in [0.3, 0.4) is 0 Å². The summed E-state index contributed by atoms with van der Waals surface area (Å²) in [6.07, 6.45) is 0. The van der Waals surface area contributed by atoms with Crippen molar-refractivity contribution >= 4 is 51.6 Å². The quantitative estimate of drug-likeness (QED) is 0.449. The van der Waals surface area contributed by atoms with E-state index >= 15 is 0 Å². The molecule has 21 heavy (non-hydrogen) atoms. The van der Waals surface area contributed by atoms with Crippen LogP contribution in [0.25, 0.3) is 0 Å². The van der Waals surface area contributed by atoms with Crippen LogP contribution in [0.2, 0.25) is 0 Å². The van der Waals surface area contributed by atoms with Gasteiger partial charge in [0.25, 0.3) is 0 Å². The number of hydrogen-bond donors (Lipinski definition) is 2. The van der Waals surface area contributed by atoms with E-state index in [0.29, 0.717) is 5.75 Å². The molecule has 0 aromatic heterocycles. The van der Waals surface area contributed by atoms with Gasteiger partial charge < -0.3 is 11.1 Å². The zero-order chi connectivity index (χ0) is 15.4. The van der Waals surface area contributed by atoms with Crippen molar-refractivity contribution in [3.63, 3.8) is 0 Å². The number of anilines is 2. The molecule has 0 spiro atoms. The van der Waals surface area contributed by atoms with Crippen molar-refractivity contribution in [3.8, 4) is 0 Å². The lowest BCUT2D eigenvalue weighted by atomic mass is 10.2. The Hall–Kier alpha value is -1.21. The highest BCUT2D eigenvalue weighted by Crippen LogP contribution is 2.27. The van der Waals surface area contributed by atoms with Gasteiger partial charge in [0.1, 0.15) is 0 Å². The summed E-state index contributed by atoms with van der Waals surface area (Å²) in [5, 5.41) is 2.94. The number of nitrogen functional groups attached to an aromatic ring is 1. The first-order valence-corrected chi connectivity index (χ1v) is 8.57. The molecule has 0 saturated carbocycles. The molecule has 3 nitrogen and oxygen atoms in total. The minimum absolute atomic E-state index is 0.0229. The number of para-hydroxylation sites is 1. The number of carbonyl (C=O) groups excluding carboxylic acids is 1. The van der Waals surface area contributed by atoms with Crippen LogP contribution >= 0.6 is 34.4 Å². The summed E-state index contributed by atoms with van der Waals surface area (Å²) >= 11 is 3.72. The molecular weight excluding hydrogens is 395 g/mol. The van der Waals surface area contributed by atoms with Crippen LogP contribution in [0.4, 0.5) is 11.4 Å². The lowest BCUT2D eigenvalue weighted by Crippen LogP contribution is -2.15. The predicted molar refractivity (Wildman–Crippen MR) is 98.8 cm³/mol.